The minimum atomic E-state index is -1.21. The molecule has 3 nitrogen and oxygen atoms in total. The van der Waals surface area contributed by atoms with Crippen molar-refractivity contribution in [3.05, 3.63) is 82.6 Å². The first-order valence-electron chi connectivity index (χ1n) is 8.42. The summed E-state index contributed by atoms with van der Waals surface area (Å²) in [7, 11) is 0. The van der Waals surface area contributed by atoms with E-state index in [2.05, 4.69) is 4.99 Å². The van der Waals surface area contributed by atoms with Crippen molar-refractivity contribution in [3.63, 3.8) is 0 Å². The highest BCUT2D eigenvalue weighted by molar-refractivity contribution is 8.14. The van der Waals surface area contributed by atoms with E-state index in [1.54, 1.807) is 23.9 Å². The Morgan fingerprint density at radius 2 is 1.92 bits per heavy atom. The molecule has 2 aromatic rings. The number of fused-ring (bicyclic) bond motifs is 1. The maximum absolute atomic E-state index is 13.5. The van der Waals surface area contributed by atoms with Crippen LogP contribution in [0.25, 0.3) is 0 Å². The van der Waals surface area contributed by atoms with Crippen LogP contribution in [-0.2, 0) is 0 Å². The van der Waals surface area contributed by atoms with E-state index in [9.17, 15) is 9.50 Å². The number of halogens is 2. The summed E-state index contributed by atoms with van der Waals surface area (Å²) < 4.78 is 13.5. The van der Waals surface area contributed by atoms with E-state index in [1.165, 1.54) is 12.1 Å². The molecule has 0 aromatic heterocycles. The molecule has 2 aromatic carbocycles. The van der Waals surface area contributed by atoms with Crippen LogP contribution < -0.4 is 0 Å². The van der Waals surface area contributed by atoms with Gasteiger partial charge in [0.15, 0.2) is 10.9 Å². The van der Waals surface area contributed by atoms with E-state index in [0.717, 1.165) is 16.3 Å². The molecule has 2 heterocycles. The number of benzene rings is 2. The molecule has 4 rings (SSSR count). The van der Waals surface area contributed by atoms with Gasteiger partial charge in [-0.05, 0) is 29.3 Å². The Hall–Kier alpha value is -1.82. The lowest BCUT2D eigenvalue weighted by Crippen LogP contribution is -2.52. The smallest absolute Gasteiger partial charge is 0.162 e. The van der Waals surface area contributed by atoms with Gasteiger partial charge in [-0.1, -0.05) is 65.8 Å². The standard InChI is InChI=1S/C20H18ClFN2OS/c21-17-6-2-1-5-16(17)18(14-7-9-15(22)10-8-14)20(25)13-26-19-23-11-3-4-12-24(19)20/h1-10,18,25H,11-13H2. The highest BCUT2D eigenvalue weighted by atomic mass is 35.5. The van der Waals surface area contributed by atoms with E-state index in [-0.39, 0.29) is 5.82 Å². The van der Waals surface area contributed by atoms with Crippen LogP contribution in [0.4, 0.5) is 4.39 Å². The van der Waals surface area contributed by atoms with Gasteiger partial charge in [-0.25, -0.2) is 4.39 Å². The molecule has 1 saturated heterocycles. The highest BCUT2D eigenvalue weighted by Gasteiger charge is 2.50. The third kappa shape index (κ3) is 3.04. The molecule has 2 unspecified atom stereocenters. The van der Waals surface area contributed by atoms with Crippen molar-refractivity contribution in [1.29, 1.82) is 0 Å². The zero-order chi connectivity index (χ0) is 18.1. The van der Waals surface area contributed by atoms with Crippen LogP contribution in [0.5, 0.6) is 0 Å². The fourth-order valence-electron chi connectivity index (χ4n) is 3.54. The zero-order valence-electron chi connectivity index (χ0n) is 14.0. The Balaban J connectivity index is 1.86. The van der Waals surface area contributed by atoms with E-state index >= 15 is 0 Å². The van der Waals surface area contributed by atoms with Gasteiger partial charge in [0.1, 0.15) is 5.82 Å². The largest absolute Gasteiger partial charge is 0.369 e. The molecule has 0 amide bonds. The number of aliphatic hydroxyl groups is 1. The van der Waals surface area contributed by atoms with Gasteiger partial charge in [-0.2, -0.15) is 0 Å². The fraction of sp³-hybridized carbons (Fsp3) is 0.250. The van der Waals surface area contributed by atoms with Gasteiger partial charge in [-0.3, -0.25) is 4.99 Å². The van der Waals surface area contributed by atoms with Crippen LogP contribution in [0.15, 0.2) is 65.7 Å². The van der Waals surface area contributed by atoms with Crippen molar-refractivity contribution in [2.45, 2.75) is 11.6 Å². The Kier molecular flexibility index (Phi) is 4.78. The number of nitrogens with zero attached hydrogens (tertiary/aromatic N) is 2. The fourth-order valence-corrected chi connectivity index (χ4v) is 5.01. The third-order valence-corrected chi connectivity index (χ3v) is 6.30. The lowest BCUT2D eigenvalue weighted by Gasteiger charge is -2.40. The van der Waals surface area contributed by atoms with Crippen LogP contribution in [0.2, 0.25) is 5.02 Å². The summed E-state index contributed by atoms with van der Waals surface area (Å²) >= 11 is 8.04. The maximum atomic E-state index is 13.5. The first kappa shape index (κ1) is 17.6. The van der Waals surface area contributed by atoms with Crippen molar-refractivity contribution >= 4 is 28.5 Å². The first-order valence-corrected chi connectivity index (χ1v) is 9.78. The lowest BCUT2D eigenvalue weighted by molar-refractivity contribution is -0.0502. The molecule has 0 spiro atoms. The van der Waals surface area contributed by atoms with E-state index in [4.69, 9.17) is 11.6 Å². The Bertz CT molecular complexity index is 870. The van der Waals surface area contributed by atoms with Crippen molar-refractivity contribution in [1.82, 2.24) is 4.90 Å². The molecule has 2 aliphatic heterocycles. The maximum Gasteiger partial charge on any atom is 0.162 e. The second kappa shape index (κ2) is 7.06. The Morgan fingerprint density at radius 3 is 2.69 bits per heavy atom. The molecule has 0 saturated carbocycles. The van der Waals surface area contributed by atoms with Crippen molar-refractivity contribution in [2.24, 2.45) is 4.99 Å². The summed E-state index contributed by atoms with van der Waals surface area (Å²) in [5.74, 6) is -0.268. The SMILES string of the molecule is OC1(C(c2ccc(F)cc2)c2ccccc2Cl)CSC2=NCC=CCN21. The third-order valence-electron chi connectivity index (χ3n) is 4.78. The number of amidine groups is 1. The van der Waals surface area contributed by atoms with E-state index < -0.39 is 11.6 Å². The van der Waals surface area contributed by atoms with Gasteiger partial charge in [0.2, 0.25) is 0 Å². The summed E-state index contributed by atoms with van der Waals surface area (Å²) in [6, 6.07) is 13.8. The molecule has 26 heavy (non-hydrogen) atoms. The zero-order valence-corrected chi connectivity index (χ0v) is 15.6. The van der Waals surface area contributed by atoms with Gasteiger partial charge < -0.3 is 10.0 Å². The van der Waals surface area contributed by atoms with Crippen LogP contribution in [0, 0.1) is 5.82 Å². The summed E-state index contributed by atoms with van der Waals surface area (Å²) in [6.45, 7) is 1.19. The molecule has 1 N–H and O–H groups in total. The molecular weight excluding hydrogens is 371 g/mol. The molecule has 0 bridgehead atoms. The average Bonchev–Trinajstić information content (AvgIpc) is 2.82. The van der Waals surface area contributed by atoms with E-state index in [0.29, 0.717) is 23.9 Å². The van der Waals surface area contributed by atoms with E-state index in [1.807, 2.05) is 41.3 Å². The highest BCUT2D eigenvalue weighted by Crippen LogP contribution is 2.46. The Labute approximate surface area is 161 Å². The number of hydrogen-bond donors (Lipinski definition) is 1. The van der Waals surface area contributed by atoms with Gasteiger partial charge in [-0.15, -0.1) is 0 Å². The number of aliphatic imine (C=N–C) groups is 1. The molecule has 6 heteroatoms. The monoisotopic (exact) mass is 388 g/mol. The lowest BCUT2D eigenvalue weighted by atomic mass is 9.82. The summed E-state index contributed by atoms with van der Waals surface area (Å²) in [5, 5.41) is 13.2. The topological polar surface area (TPSA) is 35.8 Å². The molecule has 0 aliphatic carbocycles. The number of thioether (sulfide) groups is 1. The predicted octanol–water partition coefficient (Wildman–Crippen LogP) is 4.27. The van der Waals surface area contributed by atoms with Crippen molar-refractivity contribution in [2.75, 3.05) is 18.8 Å². The second-order valence-corrected chi connectivity index (χ2v) is 7.73. The summed E-state index contributed by atoms with van der Waals surface area (Å²) in [5.41, 5.74) is 0.427. The number of rotatable bonds is 3. The molecule has 134 valence electrons. The summed E-state index contributed by atoms with van der Waals surface area (Å²) in [6.07, 6.45) is 4.01. The quantitative estimate of drug-likeness (QED) is 0.797. The second-order valence-electron chi connectivity index (χ2n) is 6.38. The van der Waals surface area contributed by atoms with Crippen LogP contribution in [0.1, 0.15) is 17.0 Å². The van der Waals surface area contributed by atoms with Crippen LogP contribution >= 0.6 is 23.4 Å². The molecule has 2 atom stereocenters. The van der Waals surface area contributed by atoms with Crippen LogP contribution in [-0.4, -0.2) is 39.7 Å². The van der Waals surface area contributed by atoms with Gasteiger partial charge in [0.25, 0.3) is 0 Å². The molecular formula is C20H18ClFN2OS. The Morgan fingerprint density at radius 1 is 1.15 bits per heavy atom. The average molecular weight is 389 g/mol. The minimum absolute atomic E-state index is 0.306. The van der Waals surface area contributed by atoms with Gasteiger partial charge in [0, 0.05) is 11.6 Å². The first-order chi connectivity index (χ1) is 12.6. The van der Waals surface area contributed by atoms with Crippen molar-refractivity contribution < 1.29 is 9.50 Å². The molecule has 1 fully saturated rings. The van der Waals surface area contributed by atoms with Gasteiger partial charge in [0.05, 0.1) is 18.2 Å². The molecule has 0 radical (unpaired) electrons. The predicted molar refractivity (Wildman–Crippen MR) is 105 cm³/mol. The molecule has 2 aliphatic rings. The summed E-state index contributed by atoms with van der Waals surface area (Å²) in [4.78, 5) is 6.48. The number of hydrogen-bond acceptors (Lipinski definition) is 4. The minimum Gasteiger partial charge on any atom is -0.369 e. The van der Waals surface area contributed by atoms with Gasteiger partial charge >= 0.3 is 0 Å². The normalized spacial score (nSPS) is 23.3. The van der Waals surface area contributed by atoms with Crippen molar-refractivity contribution in [3.8, 4) is 0 Å². The van der Waals surface area contributed by atoms with Crippen LogP contribution in [0.3, 0.4) is 0 Å².